The Kier molecular flexibility index (Phi) is 2.01. The number of rotatable bonds is 0. The van der Waals surface area contributed by atoms with Gasteiger partial charge >= 0.3 is 0 Å². The first-order valence-corrected chi connectivity index (χ1v) is 6.42. The van der Waals surface area contributed by atoms with E-state index in [-0.39, 0.29) is 17.9 Å². The maximum absolute atomic E-state index is 11.6. The lowest BCUT2D eigenvalue weighted by molar-refractivity contribution is -0.117. The number of para-hydroxylation sites is 1. The van der Waals surface area contributed by atoms with Crippen molar-refractivity contribution in [3.05, 3.63) is 46.5 Å². The SMILES string of the molecule is CC1=CC(=O)NC2C=c3oc4ccccc4c3=CC12. The lowest BCUT2D eigenvalue weighted by Crippen LogP contribution is -2.46. The molecule has 0 fully saturated rings. The van der Waals surface area contributed by atoms with E-state index in [0.29, 0.717) is 0 Å². The molecule has 2 atom stereocenters. The fourth-order valence-corrected chi connectivity index (χ4v) is 2.99. The molecule has 1 aliphatic heterocycles. The molecule has 0 bridgehead atoms. The zero-order valence-electron chi connectivity index (χ0n) is 10.5. The molecule has 0 saturated carbocycles. The molecule has 1 aromatic heterocycles. The van der Waals surface area contributed by atoms with Crippen molar-refractivity contribution in [3.8, 4) is 0 Å². The first-order chi connectivity index (χ1) is 9.22. The summed E-state index contributed by atoms with van der Waals surface area (Å²) in [7, 11) is 0. The molecule has 1 N–H and O–H groups in total. The first kappa shape index (κ1) is 10.6. The molecule has 0 radical (unpaired) electrons. The molecule has 3 nitrogen and oxygen atoms in total. The summed E-state index contributed by atoms with van der Waals surface area (Å²) in [5.74, 6) is 0.203. The summed E-state index contributed by atoms with van der Waals surface area (Å²) in [6.45, 7) is 2.01. The second kappa shape index (κ2) is 3.60. The molecule has 94 valence electrons. The van der Waals surface area contributed by atoms with E-state index < -0.39 is 0 Å². The number of carbonyl (C=O) groups excluding carboxylic acids is 1. The summed E-state index contributed by atoms with van der Waals surface area (Å²) in [5.41, 5.74) is 2.85. The van der Waals surface area contributed by atoms with Crippen molar-refractivity contribution in [2.24, 2.45) is 5.92 Å². The third kappa shape index (κ3) is 1.48. The lowest BCUT2D eigenvalue weighted by atomic mass is 9.85. The number of furan rings is 1. The molecule has 2 aliphatic rings. The monoisotopic (exact) mass is 251 g/mol. The van der Waals surface area contributed by atoms with Crippen LogP contribution in [0, 0.1) is 5.92 Å². The van der Waals surface area contributed by atoms with Gasteiger partial charge in [0.2, 0.25) is 5.91 Å². The van der Waals surface area contributed by atoms with Crippen LogP contribution in [0.2, 0.25) is 0 Å². The fraction of sp³-hybridized carbons (Fsp3) is 0.188. The predicted octanol–water partition coefficient (Wildman–Crippen LogP) is 1.07. The molecular weight excluding hydrogens is 238 g/mol. The van der Waals surface area contributed by atoms with Crippen LogP contribution in [0.25, 0.3) is 23.1 Å². The van der Waals surface area contributed by atoms with Crippen LogP contribution in [0.3, 0.4) is 0 Å². The van der Waals surface area contributed by atoms with Gasteiger partial charge in [0.15, 0.2) is 0 Å². The second-order valence-corrected chi connectivity index (χ2v) is 5.16. The number of hydrogen-bond acceptors (Lipinski definition) is 2. The molecule has 0 spiro atoms. The van der Waals surface area contributed by atoms with E-state index in [1.165, 1.54) is 0 Å². The van der Waals surface area contributed by atoms with Crippen molar-refractivity contribution < 1.29 is 9.21 Å². The molecule has 2 aromatic rings. The summed E-state index contributed by atoms with van der Waals surface area (Å²) in [5, 5.41) is 5.25. The van der Waals surface area contributed by atoms with Gasteiger partial charge in [0.25, 0.3) is 0 Å². The van der Waals surface area contributed by atoms with E-state index in [0.717, 1.165) is 27.2 Å². The molecular formula is C16H13NO2. The Morgan fingerprint density at radius 3 is 2.95 bits per heavy atom. The Morgan fingerprint density at radius 2 is 2.05 bits per heavy atom. The van der Waals surface area contributed by atoms with Gasteiger partial charge < -0.3 is 9.73 Å². The summed E-state index contributed by atoms with van der Waals surface area (Å²) in [6.07, 6.45) is 5.91. The number of fused-ring (bicyclic) bond motifs is 4. The highest BCUT2D eigenvalue weighted by Gasteiger charge is 2.28. The Morgan fingerprint density at radius 1 is 1.21 bits per heavy atom. The van der Waals surface area contributed by atoms with Crippen LogP contribution in [0.5, 0.6) is 0 Å². The standard InChI is InChI=1S/C16H13NO2/c1-9-6-16(18)17-13-8-15-12(7-11(9)13)10-4-2-3-5-14(10)19-15/h2-8,11,13H,1H3,(H,17,18). The number of hydrogen-bond donors (Lipinski definition) is 1. The number of benzene rings is 1. The molecule has 4 rings (SSSR count). The molecule has 19 heavy (non-hydrogen) atoms. The third-order valence-corrected chi connectivity index (χ3v) is 3.92. The minimum Gasteiger partial charge on any atom is -0.456 e. The van der Waals surface area contributed by atoms with Crippen LogP contribution < -0.4 is 16.0 Å². The van der Waals surface area contributed by atoms with Crippen molar-refractivity contribution >= 4 is 29.0 Å². The smallest absolute Gasteiger partial charge is 0.244 e. The largest absolute Gasteiger partial charge is 0.456 e. The van der Waals surface area contributed by atoms with Crippen LogP contribution in [0.4, 0.5) is 0 Å². The fourth-order valence-electron chi connectivity index (χ4n) is 2.99. The van der Waals surface area contributed by atoms with E-state index in [2.05, 4.69) is 17.5 Å². The normalized spacial score (nSPS) is 24.7. The van der Waals surface area contributed by atoms with Crippen molar-refractivity contribution in [1.29, 1.82) is 0 Å². The number of amides is 1. The maximum atomic E-state index is 11.6. The van der Waals surface area contributed by atoms with Crippen LogP contribution >= 0.6 is 0 Å². The van der Waals surface area contributed by atoms with Gasteiger partial charge in [-0.3, -0.25) is 4.79 Å². The zero-order chi connectivity index (χ0) is 13.0. The van der Waals surface area contributed by atoms with E-state index >= 15 is 0 Å². The van der Waals surface area contributed by atoms with Crippen LogP contribution in [0.15, 0.2) is 40.3 Å². The molecule has 1 amide bonds. The zero-order valence-corrected chi connectivity index (χ0v) is 10.5. The van der Waals surface area contributed by atoms with Gasteiger partial charge in [-0.25, -0.2) is 0 Å². The third-order valence-electron chi connectivity index (χ3n) is 3.92. The molecule has 2 heterocycles. The summed E-state index contributed by atoms with van der Waals surface area (Å²) < 4.78 is 5.85. The van der Waals surface area contributed by atoms with Gasteiger partial charge in [-0.1, -0.05) is 29.8 Å². The highest BCUT2D eigenvalue weighted by atomic mass is 16.3. The van der Waals surface area contributed by atoms with Crippen molar-refractivity contribution in [2.45, 2.75) is 13.0 Å². The highest BCUT2D eigenvalue weighted by Crippen LogP contribution is 2.23. The van der Waals surface area contributed by atoms with Gasteiger partial charge in [0, 0.05) is 22.6 Å². The molecule has 1 aromatic carbocycles. The number of carbonyl (C=O) groups is 1. The van der Waals surface area contributed by atoms with Crippen LogP contribution in [0.1, 0.15) is 6.92 Å². The van der Waals surface area contributed by atoms with Gasteiger partial charge in [-0.2, -0.15) is 0 Å². The maximum Gasteiger partial charge on any atom is 0.244 e. The Labute approximate surface area is 109 Å². The Bertz CT molecular complexity index is 841. The summed E-state index contributed by atoms with van der Waals surface area (Å²) in [6, 6.07) is 8.04. The molecule has 3 heteroatoms. The average molecular weight is 251 g/mol. The van der Waals surface area contributed by atoms with Gasteiger partial charge in [-0.15, -0.1) is 0 Å². The average Bonchev–Trinajstić information content (AvgIpc) is 2.74. The van der Waals surface area contributed by atoms with Crippen molar-refractivity contribution in [2.75, 3.05) is 0 Å². The summed E-state index contributed by atoms with van der Waals surface area (Å²) >= 11 is 0. The van der Waals surface area contributed by atoms with Crippen molar-refractivity contribution in [1.82, 2.24) is 5.32 Å². The van der Waals surface area contributed by atoms with Gasteiger partial charge in [-0.05, 0) is 19.1 Å². The van der Waals surface area contributed by atoms with Gasteiger partial charge in [0.05, 0.1) is 6.04 Å². The lowest BCUT2D eigenvalue weighted by Gasteiger charge is -2.28. The summed E-state index contributed by atoms with van der Waals surface area (Å²) in [4.78, 5) is 11.6. The molecule has 2 unspecified atom stereocenters. The quantitative estimate of drug-likeness (QED) is 0.761. The first-order valence-electron chi connectivity index (χ1n) is 6.42. The van der Waals surface area contributed by atoms with E-state index in [4.69, 9.17) is 4.42 Å². The predicted molar refractivity (Wildman–Crippen MR) is 73.6 cm³/mol. The van der Waals surface area contributed by atoms with Crippen molar-refractivity contribution in [3.63, 3.8) is 0 Å². The second-order valence-electron chi connectivity index (χ2n) is 5.16. The molecule has 1 aliphatic carbocycles. The molecule has 0 saturated heterocycles. The number of nitrogens with one attached hydrogen (secondary N) is 1. The van der Waals surface area contributed by atoms with E-state index in [9.17, 15) is 4.79 Å². The highest BCUT2D eigenvalue weighted by molar-refractivity contribution is 5.91. The topological polar surface area (TPSA) is 42.2 Å². The Hall–Kier alpha value is -2.29. The van der Waals surface area contributed by atoms with Crippen LogP contribution in [-0.2, 0) is 4.79 Å². The Balaban J connectivity index is 2.04. The minimum atomic E-state index is -0.0250. The van der Waals surface area contributed by atoms with E-state index in [1.54, 1.807) is 6.08 Å². The van der Waals surface area contributed by atoms with Crippen LogP contribution in [-0.4, -0.2) is 11.9 Å². The minimum absolute atomic E-state index is 0.00515. The van der Waals surface area contributed by atoms with Gasteiger partial charge in [0.1, 0.15) is 11.0 Å². The van der Waals surface area contributed by atoms with E-state index in [1.807, 2.05) is 31.2 Å².